The second-order valence-electron chi connectivity index (χ2n) is 4.85. The molecule has 98 valence electrons. The van der Waals surface area contributed by atoms with Crippen LogP contribution in [0.5, 0.6) is 5.75 Å². The lowest BCUT2D eigenvalue weighted by atomic mass is 10.2. The van der Waals surface area contributed by atoms with Crippen LogP contribution in [0.3, 0.4) is 0 Å². The van der Waals surface area contributed by atoms with Gasteiger partial charge in [-0.05, 0) is 36.5 Å². The molecule has 1 aromatic rings. The number of nitrogens with zero attached hydrogens (tertiary/aromatic N) is 1. The van der Waals surface area contributed by atoms with Crippen molar-refractivity contribution >= 4 is 5.97 Å². The first kappa shape index (κ1) is 12.9. The molecule has 0 radical (unpaired) electrons. The molecular weight excluding hydrogens is 230 g/mol. The van der Waals surface area contributed by atoms with E-state index in [9.17, 15) is 4.79 Å². The molecule has 0 heterocycles. The normalized spacial score (nSPS) is 14.8. The van der Waals surface area contributed by atoms with Crippen LogP contribution < -0.4 is 4.74 Å². The highest BCUT2D eigenvalue weighted by Gasteiger charge is 2.25. The minimum atomic E-state index is -0.760. The summed E-state index contributed by atoms with van der Waals surface area (Å²) in [4.78, 5) is 12.8. The number of hydrogen-bond donors (Lipinski definition) is 1. The van der Waals surface area contributed by atoms with E-state index in [0.717, 1.165) is 17.9 Å². The maximum absolute atomic E-state index is 10.8. The van der Waals surface area contributed by atoms with Crippen molar-refractivity contribution in [2.24, 2.45) is 5.92 Å². The summed E-state index contributed by atoms with van der Waals surface area (Å²) in [5.74, 6) is 0.762. The lowest BCUT2D eigenvalue weighted by molar-refractivity contribution is -0.138. The second-order valence-corrected chi connectivity index (χ2v) is 4.85. The molecule has 0 aromatic heterocycles. The maximum Gasteiger partial charge on any atom is 0.317 e. The van der Waals surface area contributed by atoms with Crippen LogP contribution in [0.2, 0.25) is 0 Å². The van der Waals surface area contributed by atoms with E-state index >= 15 is 0 Å². The Kier molecular flexibility index (Phi) is 4.20. The number of carboxylic acids is 1. The third kappa shape index (κ3) is 4.04. The van der Waals surface area contributed by atoms with Gasteiger partial charge in [-0.2, -0.15) is 0 Å². The average Bonchev–Trinajstić information content (AvgIpc) is 3.13. The number of hydrogen-bond acceptors (Lipinski definition) is 3. The molecule has 1 saturated carbocycles. The van der Waals surface area contributed by atoms with Crippen LogP contribution in [0.1, 0.15) is 18.4 Å². The van der Waals surface area contributed by atoms with E-state index < -0.39 is 5.97 Å². The van der Waals surface area contributed by atoms with Gasteiger partial charge in [0.05, 0.1) is 13.7 Å². The zero-order chi connectivity index (χ0) is 13.0. The third-order valence-electron chi connectivity index (χ3n) is 3.14. The molecule has 0 spiro atoms. The summed E-state index contributed by atoms with van der Waals surface area (Å²) in [6.07, 6.45) is 2.47. The highest BCUT2D eigenvalue weighted by Crippen LogP contribution is 2.30. The van der Waals surface area contributed by atoms with Crippen LogP contribution in [-0.2, 0) is 11.3 Å². The molecule has 4 nitrogen and oxygen atoms in total. The molecule has 0 saturated heterocycles. The van der Waals surface area contributed by atoms with Crippen LogP contribution in [-0.4, -0.2) is 36.2 Å². The van der Waals surface area contributed by atoms with Crippen molar-refractivity contribution < 1.29 is 14.6 Å². The van der Waals surface area contributed by atoms with Crippen molar-refractivity contribution in [3.05, 3.63) is 29.8 Å². The van der Waals surface area contributed by atoms with Gasteiger partial charge in [-0.1, -0.05) is 12.1 Å². The smallest absolute Gasteiger partial charge is 0.317 e. The summed E-state index contributed by atoms with van der Waals surface area (Å²) >= 11 is 0. The molecule has 0 unspecified atom stereocenters. The number of aliphatic carboxylic acids is 1. The highest BCUT2D eigenvalue weighted by molar-refractivity contribution is 5.69. The van der Waals surface area contributed by atoms with Gasteiger partial charge in [-0.25, -0.2) is 0 Å². The van der Waals surface area contributed by atoms with Gasteiger partial charge in [0.1, 0.15) is 5.75 Å². The minimum absolute atomic E-state index is 0.114. The molecule has 1 aliphatic rings. The molecule has 1 aliphatic carbocycles. The van der Waals surface area contributed by atoms with Crippen LogP contribution in [0.25, 0.3) is 0 Å². The van der Waals surface area contributed by atoms with Gasteiger partial charge in [0, 0.05) is 13.1 Å². The molecule has 0 amide bonds. The summed E-state index contributed by atoms with van der Waals surface area (Å²) in [7, 11) is 1.64. The fourth-order valence-corrected chi connectivity index (χ4v) is 2.03. The molecule has 1 N–H and O–H groups in total. The van der Waals surface area contributed by atoms with Gasteiger partial charge in [0.25, 0.3) is 0 Å². The van der Waals surface area contributed by atoms with Gasteiger partial charge in [-0.15, -0.1) is 0 Å². The highest BCUT2D eigenvalue weighted by atomic mass is 16.5. The summed E-state index contributed by atoms with van der Waals surface area (Å²) in [6.45, 7) is 1.69. The number of rotatable bonds is 7. The van der Waals surface area contributed by atoms with Gasteiger partial charge in [-0.3, -0.25) is 9.69 Å². The Labute approximate surface area is 107 Å². The SMILES string of the molecule is COc1ccc(CN(CC(=O)O)CC2CC2)cc1. The quantitative estimate of drug-likeness (QED) is 0.803. The Morgan fingerprint density at radius 3 is 2.56 bits per heavy atom. The largest absolute Gasteiger partial charge is 0.497 e. The van der Waals surface area contributed by atoms with Crippen molar-refractivity contribution in [3.8, 4) is 5.75 Å². The second kappa shape index (κ2) is 5.87. The first-order valence-corrected chi connectivity index (χ1v) is 6.24. The summed E-state index contributed by atoms with van der Waals surface area (Å²) in [5.41, 5.74) is 1.12. The number of carbonyl (C=O) groups is 1. The van der Waals surface area contributed by atoms with Gasteiger partial charge in [0.2, 0.25) is 0 Å². The molecule has 0 aliphatic heterocycles. The molecule has 4 heteroatoms. The number of carboxylic acid groups (broad SMARTS) is 1. The Morgan fingerprint density at radius 2 is 2.06 bits per heavy atom. The first-order chi connectivity index (χ1) is 8.67. The van der Waals surface area contributed by atoms with E-state index in [1.54, 1.807) is 7.11 Å². The van der Waals surface area contributed by atoms with Crippen molar-refractivity contribution in [1.82, 2.24) is 4.90 Å². The fourth-order valence-electron chi connectivity index (χ4n) is 2.03. The predicted molar refractivity (Wildman–Crippen MR) is 68.6 cm³/mol. The van der Waals surface area contributed by atoms with Crippen LogP contribution in [0.4, 0.5) is 0 Å². The van der Waals surface area contributed by atoms with Crippen LogP contribution >= 0.6 is 0 Å². The summed E-state index contributed by atoms with van der Waals surface area (Å²) in [5, 5.41) is 8.92. The lowest BCUT2D eigenvalue weighted by Crippen LogP contribution is -2.31. The van der Waals surface area contributed by atoms with E-state index in [0.29, 0.717) is 12.5 Å². The molecule has 0 atom stereocenters. The van der Waals surface area contributed by atoms with Crippen molar-refractivity contribution in [3.63, 3.8) is 0 Å². The topological polar surface area (TPSA) is 49.8 Å². The predicted octanol–water partition coefficient (Wildman–Crippen LogP) is 1.99. The Balaban J connectivity index is 1.94. The van der Waals surface area contributed by atoms with Gasteiger partial charge >= 0.3 is 5.97 Å². The zero-order valence-electron chi connectivity index (χ0n) is 10.6. The first-order valence-electron chi connectivity index (χ1n) is 6.24. The Hall–Kier alpha value is -1.55. The number of ether oxygens (including phenoxy) is 1. The molecule has 0 bridgehead atoms. The van der Waals surface area contributed by atoms with E-state index in [1.165, 1.54) is 12.8 Å². The summed E-state index contributed by atoms with van der Waals surface area (Å²) in [6, 6.07) is 7.79. The zero-order valence-corrected chi connectivity index (χ0v) is 10.6. The standard InChI is InChI=1S/C14H19NO3/c1-18-13-6-4-12(5-7-13)9-15(10-14(16)17)8-11-2-3-11/h4-7,11H,2-3,8-10H2,1H3,(H,16,17). The monoisotopic (exact) mass is 249 g/mol. The molecular formula is C14H19NO3. The molecule has 1 fully saturated rings. The van der Waals surface area contributed by atoms with Crippen molar-refractivity contribution in [2.45, 2.75) is 19.4 Å². The Morgan fingerprint density at radius 1 is 1.39 bits per heavy atom. The number of benzene rings is 1. The minimum Gasteiger partial charge on any atom is -0.497 e. The molecule has 18 heavy (non-hydrogen) atoms. The molecule has 2 rings (SSSR count). The fraction of sp³-hybridized carbons (Fsp3) is 0.500. The van der Waals surface area contributed by atoms with E-state index in [-0.39, 0.29) is 6.54 Å². The van der Waals surface area contributed by atoms with E-state index in [4.69, 9.17) is 9.84 Å². The Bertz CT molecular complexity index is 398. The average molecular weight is 249 g/mol. The third-order valence-corrected chi connectivity index (χ3v) is 3.14. The molecule has 1 aromatic carbocycles. The van der Waals surface area contributed by atoms with Crippen LogP contribution in [0, 0.1) is 5.92 Å². The van der Waals surface area contributed by atoms with Gasteiger partial charge in [0.15, 0.2) is 0 Å². The van der Waals surface area contributed by atoms with Crippen LogP contribution in [0.15, 0.2) is 24.3 Å². The van der Waals surface area contributed by atoms with E-state index in [1.807, 2.05) is 29.2 Å². The summed E-state index contributed by atoms with van der Waals surface area (Å²) < 4.78 is 5.11. The van der Waals surface area contributed by atoms with Crippen molar-refractivity contribution in [2.75, 3.05) is 20.2 Å². The van der Waals surface area contributed by atoms with E-state index in [2.05, 4.69) is 0 Å². The van der Waals surface area contributed by atoms with Gasteiger partial charge < -0.3 is 9.84 Å². The maximum atomic E-state index is 10.8. The number of methoxy groups -OCH3 is 1. The lowest BCUT2D eigenvalue weighted by Gasteiger charge is -2.20. The van der Waals surface area contributed by atoms with Crippen molar-refractivity contribution in [1.29, 1.82) is 0 Å².